The predicted molar refractivity (Wildman–Crippen MR) is 221 cm³/mol. The number of methoxy groups -OCH3 is 4. The first-order chi connectivity index (χ1) is 27.9. The second kappa shape index (κ2) is 17.2. The van der Waals surface area contributed by atoms with Crippen molar-refractivity contribution in [2.24, 2.45) is 5.92 Å². The van der Waals surface area contributed by atoms with Gasteiger partial charge in [-0.3, -0.25) is 9.59 Å². The van der Waals surface area contributed by atoms with Crippen molar-refractivity contribution < 1.29 is 37.0 Å². The summed E-state index contributed by atoms with van der Waals surface area (Å²) in [5.41, 5.74) is 3.40. The van der Waals surface area contributed by atoms with Crippen LogP contribution in [0.15, 0.2) is 47.4 Å². The number of pyridine rings is 2. The summed E-state index contributed by atoms with van der Waals surface area (Å²) < 4.78 is 54.1. The number of likely N-dealkylation sites (N-methyl/N-ethyl adjacent to an activating group) is 1. The summed E-state index contributed by atoms with van der Waals surface area (Å²) in [5, 5.41) is 3.75. The Labute approximate surface area is 340 Å². The van der Waals surface area contributed by atoms with Gasteiger partial charge in [-0.2, -0.15) is 4.31 Å². The zero-order valence-electron chi connectivity index (χ0n) is 34.2. The molecule has 4 aromatic rings. The summed E-state index contributed by atoms with van der Waals surface area (Å²) >= 11 is 0. The molecule has 1 N–H and O–H groups in total. The van der Waals surface area contributed by atoms with Crippen molar-refractivity contribution in [3.8, 4) is 23.0 Å². The number of benzene rings is 2. The number of carbonyl (C=O) groups is 2. The van der Waals surface area contributed by atoms with Crippen LogP contribution in [-0.4, -0.2) is 121 Å². The number of fused-ring (bicyclic) bond motifs is 6. The number of piperidine rings is 1. The van der Waals surface area contributed by atoms with Gasteiger partial charge in [0.05, 0.1) is 40.5 Å². The van der Waals surface area contributed by atoms with Crippen LogP contribution in [0.25, 0.3) is 10.9 Å². The van der Waals surface area contributed by atoms with Crippen LogP contribution in [0.4, 0.5) is 11.6 Å². The zero-order valence-corrected chi connectivity index (χ0v) is 35.0. The van der Waals surface area contributed by atoms with Crippen LogP contribution >= 0.6 is 0 Å². The van der Waals surface area contributed by atoms with Gasteiger partial charge in [-0.15, -0.1) is 0 Å². The molecule has 2 bridgehead atoms. The minimum atomic E-state index is -4.17. The summed E-state index contributed by atoms with van der Waals surface area (Å²) in [4.78, 5) is 43.3. The van der Waals surface area contributed by atoms with Gasteiger partial charge in [-0.05, 0) is 80.3 Å². The Hall–Kier alpha value is -5.35. The minimum absolute atomic E-state index is 0.0116. The van der Waals surface area contributed by atoms with E-state index in [-0.39, 0.29) is 60.3 Å². The zero-order chi connectivity index (χ0) is 41.1. The highest BCUT2D eigenvalue weighted by molar-refractivity contribution is 7.89. The molecule has 1 unspecified atom stereocenters. The number of nitrogens with zero attached hydrogens (tertiary/aromatic N) is 6. The van der Waals surface area contributed by atoms with Gasteiger partial charge in [-0.25, -0.2) is 18.4 Å². The summed E-state index contributed by atoms with van der Waals surface area (Å²) in [6.07, 6.45) is 3.37. The van der Waals surface area contributed by atoms with Crippen molar-refractivity contribution in [3.05, 3.63) is 64.8 Å². The smallest absolute Gasteiger partial charge is 0.273 e. The van der Waals surface area contributed by atoms with Crippen molar-refractivity contribution in [3.63, 3.8) is 0 Å². The second-order valence-corrected chi connectivity index (χ2v) is 17.1. The molecule has 15 nitrogen and oxygen atoms in total. The van der Waals surface area contributed by atoms with Crippen molar-refractivity contribution in [1.29, 1.82) is 0 Å². The van der Waals surface area contributed by atoms with Gasteiger partial charge >= 0.3 is 0 Å². The summed E-state index contributed by atoms with van der Waals surface area (Å²) in [6, 6.07) is 12.5. The molecule has 16 heteroatoms. The third-order valence-electron chi connectivity index (χ3n) is 11.3. The number of amides is 2. The molecule has 310 valence electrons. The lowest BCUT2D eigenvalue weighted by atomic mass is 9.97. The fraction of sp³-hybridized carbons (Fsp3) is 0.476. The maximum atomic E-state index is 14.9. The molecule has 58 heavy (non-hydrogen) atoms. The van der Waals surface area contributed by atoms with Crippen LogP contribution in [0.1, 0.15) is 52.9 Å². The number of hydrogen-bond donors (Lipinski definition) is 1. The Morgan fingerprint density at radius 2 is 1.59 bits per heavy atom. The number of aryl methyl sites for hydroxylation is 1. The summed E-state index contributed by atoms with van der Waals surface area (Å²) in [5.74, 6) is 2.40. The van der Waals surface area contributed by atoms with E-state index in [2.05, 4.69) is 10.2 Å². The Kier molecular flexibility index (Phi) is 12.1. The van der Waals surface area contributed by atoms with Gasteiger partial charge in [0.1, 0.15) is 28.0 Å². The number of nitrogens with one attached hydrogen (secondary N) is 1. The number of ether oxygens (including phenoxy) is 4. The van der Waals surface area contributed by atoms with Crippen molar-refractivity contribution in [2.45, 2.75) is 50.5 Å². The molecule has 1 saturated heterocycles. The standard InChI is InChI=1S/C42H53N7O8S/c1-27-11-14-34(54-3)36(20-27)58(52,53)49-18-8-7-16-48(42(51)32-13-12-29-15-19-46(2)40(29)44-32)26-37(50)43-23-28-10-9-17-47(24-28)41-30(25-49)21-31-33(45-41)22-35(55-4)39(57-6)38(31)56-5/h11-14,20-22,28H,7-10,15-19,23-26H2,1-6H3,(H,43,50). The Balaban J connectivity index is 1.31. The number of rotatable bonds is 7. The first-order valence-corrected chi connectivity index (χ1v) is 21.2. The van der Waals surface area contributed by atoms with Crippen LogP contribution in [-0.2, 0) is 27.8 Å². The highest BCUT2D eigenvalue weighted by atomic mass is 32.2. The molecule has 2 aromatic heterocycles. The molecule has 0 radical (unpaired) electrons. The highest BCUT2D eigenvalue weighted by Crippen LogP contribution is 2.45. The third-order valence-corrected chi connectivity index (χ3v) is 13.2. The molecule has 0 aliphatic carbocycles. The van der Waals surface area contributed by atoms with Gasteiger partial charge < -0.3 is 39.0 Å². The van der Waals surface area contributed by atoms with Crippen LogP contribution in [0, 0.1) is 12.8 Å². The number of sulfonamides is 1. The quantitative estimate of drug-likeness (QED) is 0.281. The molecule has 1 atom stereocenters. The maximum Gasteiger partial charge on any atom is 0.273 e. The molecular weight excluding hydrogens is 763 g/mol. The molecule has 2 amide bonds. The normalized spacial score (nSPS) is 18.3. The average Bonchev–Trinajstić information content (AvgIpc) is 3.61. The SMILES string of the molecule is COc1ccc(C)cc1S(=O)(=O)N1CCCCN(C(=O)c2ccc3c(n2)N(C)CC3)CC(=O)NCC2CCCN(C2)c2nc3cc(OC)c(OC)c(OC)c3cc2C1. The lowest BCUT2D eigenvalue weighted by Crippen LogP contribution is -2.46. The van der Waals surface area contributed by atoms with E-state index >= 15 is 0 Å². The molecular formula is C42H53N7O8S. The van der Waals surface area contributed by atoms with Gasteiger partial charge in [0.2, 0.25) is 21.7 Å². The van der Waals surface area contributed by atoms with Crippen LogP contribution < -0.4 is 34.1 Å². The van der Waals surface area contributed by atoms with E-state index in [1.807, 2.05) is 37.1 Å². The Morgan fingerprint density at radius 1 is 0.810 bits per heavy atom. The molecule has 2 aromatic carbocycles. The average molecular weight is 816 g/mol. The van der Waals surface area contributed by atoms with E-state index in [0.29, 0.717) is 72.0 Å². The number of anilines is 2. The van der Waals surface area contributed by atoms with Gasteiger partial charge in [-0.1, -0.05) is 12.1 Å². The third kappa shape index (κ3) is 8.17. The number of aromatic nitrogens is 2. The molecule has 3 aliphatic rings. The first-order valence-electron chi connectivity index (χ1n) is 19.7. The van der Waals surface area contributed by atoms with Crippen LogP contribution in [0.3, 0.4) is 0 Å². The summed E-state index contributed by atoms with van der Waals surface area (Å²) in [7, 11) is 3.88. The maximum absolute atomic E-state index is 14.9. The van der Waals surface area contributed by atoms with Crippen molar-refractivity contribution in [1.82, 2.24) is 24.5 Å². The van der Waals surface area contributed by atoms with E-state index in [0.717, 1.165) is 42.8 Å². The largest absolute Gasteiger partial charge is 0.495 e. The fourth-order valence-corrected chi connectivity index (χ4v) is 9.94. The van der Waals surface area contributed by atoms with E-state index in [9.17, 15) is 18.0 Å². The van der Waals surface area contributed by atoms with Crippen LogP contribution in [0.5, 0.6) is 23.0 Å². The van der Waals surface area contributed by atoms with E-state index in [1.54, 1.807) is 38.5 Å². The molecule has 0 spiro atoms. The minimum Gasteiger partial charge on any atom is -0.495 e. The lowest BCUT2D eigenvalue weighted by molar-refractivity contribution is -0.122. The van der Waals surface area contributed by atoms with Gasteiger partial charge in [0.15, 0.2) is 11.5 Å². The topological polar surface area (TPSA) is 156 Å². The molecule has 7 rings (SSSR count). The van der Waals surface area contributed by atoms with Gasteiger partial charge in [0.25, 0.3) is 5.91 Å². The van der Waals surface area contributed by atoms with Crippen molar-refractivity contribution in [2.75, 3.05) is 91.1 Å². The van der Waals surface area contributed by atoms with E-state index < -0.39 is 10.0 Å². The highest BCUT2D eigenvalue weighted by Gasteiger charge is 2.33. The monoisotopic (exact) mass is 815 g/mol. The lowest BCUT2D eigenvalue weighted by Gasteiger charge is -2.36. The predicted octanol–water partition coefficient (Wildman–Crippen LogP) is 4.42. The molecule has 0 saturated carbocycles. The number of carbonyl (C=O) groups excluding carboxylic acids is 2. The second-order valence-electron chi connectivity index (χ2n) is 15.2. The van der Waals surface area contributed by atoms with Crippen LogP contribution in [0.2, 0.25) is 0 Å². The Morgan fingerprint density at radius 3 is 2.34 bits per heavy atom. The fourth-order valence-electron chi connectivity index (χ4n) is 8.24. The first kappa shape index (κ1) is 40.8. The summed E-state index contributed by atoms with van der Waals surface area (Å²) in [6.45, 7) is 4.52. The van der Waals surface area contributed by atoms with Crippen molar-refractivity contribution >= 4 is 44.4 Å². The number of hydrogen-bond acceptors (Lipinski definition) is 12. The van der Waals surface area contributed by atoms with E-state index in [1.165, 1.54) is 23.4 Å². The molecule has 5 heterocycles. The Bertz CT molecular complexity index is 2310. The van der Waals surface area contributed by atoms with Gasteiger partial charge in [0, 0.05) is 69.9 Å². The molecule has 1 fully saturated rings. The molecule has 3 aliphatic heterocycles. The van der Waals surface area contributed by atoms with E-state index in [4.69, 9.17) is 28.9 Å².